The quantitative estimate of drug-likeness (QED) is 0.803. The first-order chi connectivity index (χ1) is 15.4. The van der Waals surface area contributed by atoms with Gasteiger partial charge in [0.25, 0.3) is 0 Å². The van der Waals surface area contributed by atoms with Crippen molar-refractivity contribution in [3.8, 4) is 17.3 Å². The van der Waals surface area contributed by atoms with E-state index < -0.39 is 5.60 Å². The van der Waals surface area contributed by atoms with Crippen LogP contribution >= 0.6 is 0 Å². The van der Waals surface area contributed by atoms with E-state index in [1.807, 2.05) is 30.5 Å². The number of benzene rings is 1. The van der Waals surface area contributed by atoms with Crippen LogP contribution < -0.4 is 0 Å². The van der Waals surface area contributed by atoms with E-state index in [9.17, 15) is 10.4 Å². The van der Waals surface area contributed by atoms with Crippen LogP contribution in [0.3, 0.4) is 0 Å². The van der Waals surface area contributed by atoms with Gasteiger partial charge in [-0.1, -0.05) is 24.3 Å². The minimum Gasteiger partial charge on any atom is -0.386 e. The van der Waals surface area contributed by atoms with Crippen molar-refractivity contribution in [1.82, 2.24) is 9.55 Å². The summed E-state index contributed by atoms with van der Waals surface area (Å²) in [7, 11) is 0. The molecule has 7 heteroatoms. The minimum atomic E-state index is -0.901. The van der Waals surface area contributed by atoms with Crippen LogP contribution in [0.15, 0.2) is 34.3 Å². The Balaban J connectivity index is 1.68. The second-order valence-electron chi connectivity index (χ2n) is 9.55. The average Bonchev–Trinajstić information content (AvgIpc) is 3.35. The van der Waals surface area contributed by atoms with Crippen LogP contribution in [-0.2, 0) is 10.3 Å². The van der Waals surface area contributed by atoms with Crippen molar-refractivity contribution in [2.75, 3.05) is 13.2 Å². The molecule has 7 nitrogen and oxygen atoms in total. The molecule has 4 atom stereocenters. The van der Waals surface area contributed by atoms with E-state index >= 15 is 0 Å². The molecule has 0 saturated carbocycles. The minimum absolute atomic E-state index is 0.0116. The van der Waals surface area contributed by atoms with Crippen LogP contribution in [0.1, 0.15) is 62.7 Å². The molecule has 1 N–H and O–H groups in total. The first-order valence-electron chi connectivity index (χ1n) is 11.4. The second-order valence-corrected chi connectivity index (χ2v) is 9.55. The maximum Gasteiger partial charge on any atom is 0.113 e. The van der Waals surface area contributed by atoms with Crippen molar-refractivity contribution in [3.05, 3.63) is 41.3 Å². The summed E-state index contributed by atoms with van der Waals surface area (Å²) < 4.78 is 7.87. The van der Waals surface area contributed by atoms with Crippen molar-refractivity contribution in [2.45, 2.75) is 63.3 Å². The fourth-order valence-corrected chi connectivity index (χ4v) is 5.08. The monoisotopic (exact) mass is 431 g/mol. The van der Waals surface area contributed by atoms with Gasteiger partial charge in [-0.15, -0.1) is 0 Å². The number of ether oxygens (including phenoxy) is 1. The number of hydrogen-bond donors (Lipinski definition) is 1. The fraction of sp³-hybridized carbons (Fsp3) is 0.520. The number of rotatable bonds is 3. The molecule has 2 aromatic rings. The van der Waals surface area contributed by atoms with Crippen LogP contribution in [0.5, 0.6) is 0 Å². The lowest BCUT2D eigenvalue weighted by molar-refractivity contribution is 0.0786. The predicted octanol–water partition coefficient (Wildman–Crippen LogP) is 3.63. The summed E-state index contributed by atoms with van der Waals surface area (Å²) in [5, 5.41) is 20.2. The zero-order valence-electron chi connectivity index (χ0n) is 18.8. The number of nitrogens with zero attached hydrogens (tertiary/aromatic N) is 5. The smallest absolute Gasteiger partial charge is 0.113 e. The molecule has 0 amide bonds. The third-order valence-electron chi connectivity index (χ3n) is 6.94. The third-order valence-corrected chi connectivity index (χ3v) is 6.94. The lowest BCUT2D eigenvalue weighted by Gasteiger charge is -2.29. The van der Waals surface area contributed by atoms with Gasteiger partial charge in [-0.25, -0.2) is 4.98 Å². The van der Waals surface area contributed by atoms with E-state index in [4.69, 9.17) is 19.7 Å². The van der Waals surface area contributed by atoms with Gasteiger partial charge in [0.2, 0.25) is 0 Å². The summed E-state index contributed by atoms with van der Waals surface area (Å²) in [5.74, 6) is 0.974. The van der Waals surface area contributed by atoms with Crippen LogP contribution in [0.4, 0.5) is 0 Å². The van der Waals surface area contributed by atoms with Crippen molar-refractivity contribution in [3.63, 3.8) is 0 Å². The van der Waals surface area contributed by atoms with E-state index in [0.717, 1.165) is 54.4 Å². The number of aromatic nitrogens is 2. The number of imidazole rings is 1. The van der Waals surface area contributed by atoms with E-state index in [-0.39, 0.29) is 30.0 Å². The number of hydrogen-bond acceptors (Lipinski definition) is 6. The van der Waals surface area contributed by atoms with Crippen molar-refractivity contribution >= 4 is 12.4 Å². The van der Waals surface area contributed by atoms with Gasteiger partial charge in [-0.3, -0.25) is 9.98 Å². The molecule has 0 bridgehead atoms. The third kappa shape index (κ3) is 3.48. The maximum absolute atomic E-state index is 10.3. The molecule has 166 valence electrons. The van der Waals surface area contributed by atoms with Crippen LogP contribution in [-0.4, -0.2) is 52.4 Å². The van der Waals surface area contributed by atoms with E-state index in [0.29, 0.717) is 0 Å². The van der Waals surface area contributed by atoms with Gasteiger partial charge in [-0.2, -0.15) is 5.26 Å². The fourth-order valence-electron chi connectivity index (χ4n) is 5.08. The molecular formula is C25H29N5O2. The highest BCUT2D eigenvalue weighted by Gasteiger charge is 2.43. The molecule has 3 aliphatic rings. The molecule has 1 saturated heterocycles. The van der Waals surface area contributed by atoms with Gasteiger partial charge in [0, 0.05) is 37.1 Å². The van der Waals surface area contributed by atoms with E-state index in [1.54, 1.807) is 20.1 Å². The highest BCUT2D eigenvalue weighted by Crippen LogP contribution is 2.41. The van der Waals surface area contributed by atoms with Gasteiger partial charge < -0.3 is 14.4 Å². The standard InChI is InChI=1S/C25H29N5O2/c1-15-21-23(18(12-26)13-28-21)30-20(14-27-15)22(29-24(30)17-8-10-32-11-9-17)16-4-6-19(7-5-16)25(2,3)31/h4-7,13-15,17-18,21,23,31H,8-11H2,1-3H3. The lowest BCUT2D eigenvalue weighted by atomic mass is 9.93. The van der Waals surface area contributed by atoms with Crippen LogP contribution in [0.25, 0.3) is 11.3 Å². The molecule has 0 spiro atoms. The number of aliphatic hydroxyl groups is 1. The Labute approximate surface area is 188 Å². The Morgan fingerprint density at radius 1 is 1.16 bits per heavy atom. The number of fused-ring (bicyclic) bond motifs is 3. The highest BCUT2D eigenvalue weighted by atomic mass is 16.5. The molecule has 4 unspecified atom stereocenters. The summed E-state index contributed by atoms with van der Waals surface area (Å²) in [6.45, 7) is 7.07. The molecule has 3 aliphatic heterocycles. The summed E-state index contributed by atoms with van der Waals surface area (Å²) in [6, 6.07) is 10.2. The van der Waals surface area contributed by atoms with Gasteiger partial charge in [0.15, 0.2) is 0 Å². The average molecular weight is 432 g/mol. The molecule has 4 heterocycles. The SMILES string of the molecule is CC1N=Cc2c(-c3ccc(C(C)(C)O)cc3)nc(C3CCOCC3)n2C2C(C#N)C=NC12. The molecule has 32 heavy (non-hydrogen) atoms. The van der Waals surface area contributed by atoms with E-state index in [1.165, 1.54) is 0 Å². The zero-order valence-corrected chi connectivity index (χ0v) is 18.8. The normalized spacial score (nSPS) is 27.6. The van der Waals surface area contributed by atoms with Gasteiger partial charge in [0.1, 0.15) is 11.7 Å². The first-order valence-corrected chi connectivity index (χ1v) is 11.4. The Morgan fingerprint density at radius 2 is 1.88 bits per heavy atom. The summed E-state index contributed by atoms with van der Waals surface area (Å²) >= 11 is 0. The van der Waals surface area contributed by atoms with Gasteiger partial charge in [0.05, 0.1) is 41.2 Å². The molecular weight excluding hydrogens is 402 g/mol. The van der Waals surface area contributed by atoms with Crippen molar-refractivity contribution in [2.24, 2.45) is 15.9 Å². The Hall–Kier alpha value is -2.82. The largest absolute Gasteiger partial charge is 0.386 e. The van der Waals surface area contributed by atoms with Gasteiger partial charge >= 0.3 is 0 Å². The van der Waals surface area contributed by atoms with Crippen LogP contribution in [0, 0.1) is 17.2 Å². The Kier molecular flexibility index (Phi) is 5.23. The maximum atomic E-state index is 10.3. The van der Waals surface area contributed by atoms with Crippen molar-refractivity contribution < 1.29 is 9.84 Å². The molecule has 0 radical (unpaired) electrons. The molecule has 1 fully saturated rings. The number of aliphatic imine (C=N–C) groups is 2. The number of nitriles is 1. The first kappa shape index (κ1) is 21.0. The van der Waals surface area contributed by atoms with E-state index in [2.05, 4.69) is 17.6 Å². The summed E-state index contributed by atoms with van der Waals surface area (Å²) in [4.78, 5) is 14.7. The highest BCUT2D eigenvalue weighted by molar-refractivity contribution is 5.88. The lowest BCUT2D eigenvalue weighted by Crippen LogP contribution is -2.32. The molecule has 1 aromatic carbocycles. The van der Waals surface area contributed by atoms with Crippen molar-refractivity contribution in [1.29, 1.82) is 5.26 Å². The predicted molar refractivity (Wildman–Crippen MR) is 123 cm³/mol. The molecule has 0 aliphatic carbocycles. The van der Waals surface area contributed by atoms with Crippen LogP contribution in [0.2, 0.25) is 0 Å². The summed E-state index contributed by atoms with van der Waals surface area (Å²) in [6.07, 6.45) is 5.54. The topological polar surface area (TPSA) is 95.8 Å². The zero-order chi connectivity index (χ0) is 22.5. The summed E-state index contributed by atoms with van der Waals surface area (Å²) in [5.41, 5.74) is 2.74. The molecule has 5 rings (SSSR count). The molecule has 1 aromatic heterocycles. The Morgan fingerprint density at radius 3 is 2.53 bits per heavy atom. The second kappa shape index (κ2) is 7.95. The Bertz CT molecular complexity index is 1100. The van der Waals surface area contributed by atoms with Gasteiger partial charge in [-0.05, 0) is 39.2 Å².